The van der Waals surface area contributed by atoms with Crippen LogP contribution in [0.2, 0.25) is 0 Å². The minimum atomic E-state index is 0.640. The van der Waals surface area contributed by atoms with Gasteiger partial charge >= 0.3 is 0 Å². The molecule has 3 saturated carbocycles. The maximum atomic E-state index is 3.78. The second-order valence-electron chi connectivity index (χ2n) is 9.20. The first-order valence-electron chi connectivity index (χ1n) is 7.49. The minimum Gasteiger partial charge on any atom is -0.316 e. The highest BCUT2D eigenvalue weighted by Gasteiger charge is 2.94. The maximum absolute atomic E-state index is 3.78. The van der Waals surface area contributed by atoms with Gasteiger partial charge in [0.05, 0.1) is 0 Å². The normalized spacial score (nSPS) is 78.4. The van der Waals surface area contributed by atoms with E-state index in [0.29, 0.717) is 32.5 Å². The van der Waals surface area contributed by atoms with E-state index in [2.05, 4.69) is 33.0 Å². The fourth-order valence-electron chi connectivity index (χ4n) is 8.68. The predicted octanol–water partition coefficient (Wildman–Crippen LogP) is 3.20. The van der Waals surface area contributed by atoms with Crippen molar-refractivity contribution in [1.29, 1.82) is 0 Å². The molecular weight excluding hydrogens is 206 g/mol. The summed E-state index contributed by atoms with van der Waals surface area (Å²) in [7, 11) is 0. The van der Waals surface area contributed by atoms with Crippen LogP contribution >= 0.6 is 0 Å². The van der Waals surface area contributed by atoms with E-state index in [-0.39, 0.29) is 0 Å². The molecule has 3 aliphatic carbocycles. The summed E-state index contributed by atoms with van der Waals surface area (Å²) in [5.41, 5.74) is 3.93. The number of fused-ring (bicyclic) bond motifs is 5. The van der Waals surface area contributed by atoms with Gasteiger partial charge in [-0.05, 0) is 58.2 Å². The average molecular weight is 231 g/mol. The number of hydrogen-bond donors (Lipinski definition) is 1. The van der Waals surface area contributed by atoms with Crippen LogP contribution < -0.4 is 5.32 Å². The summed E-state index contributed by atoms with van der Waals surface area (Å²) in [5, 5.41) is 3.78. The molecule has 0 atom stereocenters. The first kappa shape index (κ1) is 9.83. The molecule has 0 aromatic rings. The number of nitrogens with one attached hydrogen (secondary N) is 1. The van der Waals surface area contributed by atoms with Gasteiger partial charge in [0.2, 0.25) is 0 Å². The lowest BCUT2D eigenvalue weighted by Crippen LogP contribution is -2.70. The van der Waals surface area contributed by atoms with E-state index < -0.39 is 0 Å². The van der Waals surface area contributed by atoms with Gasteiger partial charge < -0.3 is 5.32 Å². The molecule has 0 amide bonds. The molecule has 2 spiro atoms. The lowest BCUT2D eigenvalue weighted by atomic mass is 9.28. The highest BCUT2D eigenvalue weighted by Crippen LogP contribution is 2.99. The van der Waals surface area contributed by atoms with Crippen molar-refractivity contribution in [3.8, 4) is 0 Å². The van der Waals surface area contributed by atoms with Gasteiger partial charge in [-0.1, -0.05) is 27.7 Å². The van der Waals surface area contributed by atoms with E-state index >= 15 is 0 Å². The fraction of sp³-hybridized carbons (Fsp3) is 1.00. The zero-order valence-electron chi connectivity index (χ0n) is 11.7. The van der Waals surface area contributed by atoms with Crippen molar-refractivity contribution >= 4 is 0 Å². The summed E-state index contributed by atoms with van der Waals surface area (Å²) in [5.74, 6) is 0. The maximum Gasteiger partial charge on any atom is 0.00143 e. The molecule has 0 bridgehead atoms. The van der Waals surface area contributed by atoms with Gasteiger partial charge in [0.15, 0.2) is 0 Å². The molecule has 1 N–H and O–H groups in total. The van der Waals surface area contributed by atoms with Crippen molar-refractivity contribution in [1.82, 2.24) is 5.32 Å². The Bertz CT molecular complexity index is 367. The second-order valence-corrected chi connectivity index (χ2v) is 9.20. The monoisotopic (exact) mass is 231 g/mol. The van der Waals surface area contributed by atoms with E-state index in [1.807, 2.05) is 0 Å². The van der Waals surface area contributed by atoms with E-state index in [4.69, 9.17) is 0 Å². The molecule has 0 unspecified atom stereocenters. The van der Waals surface area contributed by atoms with Crippen molar-refractivity contribution in [2.75, 3.05) is 13.1 Å². The van der Waals surface area contributed by atoms with Crippen LogP contribution in [0.15, 0.2) is 0 Å². The van der Waals surface area contributed by atoms with Crippen LogP contribution in [0.25, 0.3) is 0 Å². The number of hydrogen-bond acceptors (Lipinski definition) is 1. The molecule has 94 valence electrons. The molecule has 4 fully saturated rings. The van der Waals surface area contributed by atoms with Crippen LogP contribution in [0.3, 0.4) is 0 Å². The van der Waals surface area contributed by atoms with Crippen LogP contribution in [0.1, 0.15) is 53.4 Å². The molecule has 0 aromatic heterocycles. The Morgan fingerprint density at radius 3 is 1.18 bits per heavy atom. The molecule has 1 heteroatoms. The quantitative estimate of drug-likeness (QED) is 0.675. The van der Waals surface area contributed by atoms with Gasteiger partial charge in [-0.2, -0.15) is 0 Å². The third-order valence-electron chi connectivity index (χ3n) is 9.69. The molecule has 1 saturated heterocycles. The van der Waals surface area contributed by atoms with Crippen LogP contribution in [0, 0.1) is 32.5 Å². The topological polar surface area (TPSA) is 12.0 Å². The Labute approximate surface area is 105 Å². The molecule has 4 aliphatic rings. The van der Waals surface area contributed by atoms with Crippen molar-refractivity contribution in [3.63, 3.8) is 0 Å². The van der Waals surface area contributed by atoms with Gasteiger partial charge in [-0.15, -0.1) is 0 Å². The third-order valence-corrected chi connectivity index (χ3v) is 9.69. The predicted molar refractivity (Wildman–Crippen MR) is 68.6 cm³/mol. The van der Waals surface area contributed by atoms with E-state index in [0.717, 1.165) is 0 Å². The van der Waals surface area contributed by atoms with Crippen molar-refractivity contribution in [2.45, 2.75) is 53.4 Å². The molecule has 17 heavy (non-hydrogen) atoms. The molecule has 1 heterocycles. The van der Waals surface area contributed by atoms with Crippen LogP contribution in [-0.4, -0.2) is 13.1 Å². The fourth-order valence-corrected chi connectivity index (χ4v) is 8.68. The van der Waals surface area contributed by atoms with Crippen LogP contribution in [-0.2, 0) is 0 Å². The Kier molecular flexibility index (Phi) is 1.12. The number of rotatable bonds is 0. The SMILES string of the molecule is CC12CC34CNCC35CC1(C)C(C)(C5)C2(C)C4. The van der Waals surface area contributed by atoms with Crippen molar-refractivity contribution in [3.05, 3.63) is 0 Å². The largest absolute Gasteiger partial charge is 0.316 e. The molecule has 1 aliphatic heterocycles. The van der Waals surface area contributed by atoms with E-state index in [1.165, 1.54) is 38.8 Å². The van der Waals surface area contributed by atoms with Gasteiger partial charge in [0.1, 0.15) is 0 Å². The van der Waals surface area contributed by atoms with Gasteiger partial charge in [-0.25, -0.2) is 0 Å². The first-order valence-corrected chi connectivity index (χ1v) is 7.49. The Morgan fingerprint density at radius 2 is 0.882 bits per heavy atom. The highest BCUT2D eigenvalue weighted by molar-refractivity contribution is 5.42. The molecular formula is C16H25N. The Balaban J connectivity index is 1.87. The van der Waals surface area contributed by atoms with Gasteiger partial charge in [0, 0.05) is 13.1 Å². The minimum absolute atomic E-state index is 0.640. The third kappa shape index (κ3) is 0.525. The van der Waals surface area contributed by atoms with E-state index in [9.17, 15) is 0 Å². The Morgan fingerprint density at radius 1 is 0.588 bits per heavy atom. The summed E-state index contributed by atoms with van der Waals surface area (Å²) in [6, 6.07) is 0. The van der Waals surface area contributed by atoms with Crippen LogP contribution in [0.4, 0.5) is 0 Å². The zero-order valence-corrected chi connectivity index (χ0v) is 11.7. The molecule has 0 radical (unpaired) electrons. The lowest BCUT2D eigenvalue weighted by Gasteiger charge is -2.76. The molecule has 0 aromatic carbocycles. The van der Waals surface area contributed by atoms with Gasteiger partial charge in [-0.3, -0.25) is 0 Å². The summed E-state index contributed by atoms with van der Waals surface area (Å²) >= 11 is 0. The van der Waals surface area contributed by atoms with E-state index in [1.54, 1.807) is 0 Å². The second kappa shape index (κ2) is 1.94. The first-order chi connectivity index (χ1) is 7.79. The summed E-state index contributed by atoms with van der Waals surface area (Å²) < 4.78 is 0. The standard InChI is InChI=1S/C16H25N/c1-11-5-15-6-12(11,2)14(4)8-16(15,10-17-9-15)7-13(11,14)3/h17H,5-10H2,1-4H3. The zero-order chi connectivity index (χ0) is 11.9. The average Bonchev–Trinajstić information content (AvgIpc) is 2.70. The highest BCUT2D eigenvalue weighted by atomic mass is 15.1. The smallest absolute Gasteiger partial charge is 0.00143 e. The molecule has 1 nitrogen and oxygen atoms in total. The Hall–Kier alpha value is -0.0400. The summed E-state index contributed by atoms with van der Waals surface area (Å²) in [4.78, 5) is 0. The van der Waals surface area contributed by atoms with Crippen molar-refractivity contribution < 1.29 is 0 Å². The van der Waals surface area contributed by atoms with Crippen molar-refractivity contribution in [2.24, 2.45) is 32.5 Å². The summed E-state index contributed by atoms with van der Waals surface area (Å²) in [6.45, 7) is 13.2. The van der Waals surface area contributed by atoms with Crippen LogP contribution in [0.5, 0.6) is 0 Å². The lowest BCUT2D eigenvalue weighted by molar-refractivity contribution is -0.283. The molecule has 4 rings (SSSR count). The van der Waals surface area contributed by atoms with Gasteiger partial charge in [0.25, 0.3) is 0 Å². The summed E-state index contributed by atoms with van der Waals surface area (Å²) in [6.07, 6.45) is 6.09.